The number of hydrogen-bond donors (Lipinski definition) is 2. The summed E-state index contributed by atoms with van der Waals surface area (Å²) in [5.74, 6) is -0.486. The van der Waals surface area contributed by atoms with Crippen LogP contribution in [0.5, 0.6) is 0 Å². The lowest BCUT2D eigenvalue weighted by atomic mass is 10.3. The molecule has 0 aromatic carbocycles. The van der Waals surface area contributed by atoms with E-state index in [4.69, 9.17) is 0 Å². The first-order chi connectivity index (χ1) is 7.42. The smallest absolute Gasteiger partial charge is 0.372 e. The summed E-state index contributed by atoms with van der Waals surface area (Å²) < 4.78 is 35.4. The monoisotopic (exact) mass is 234 g/mol. The van der Waals surface area contributed by atoms with Crippen molar-refractivity contribution in [2.24, 2.45) is 0 Å². The summed E-state index contributed by atoms with van der Waals surface area (Å²) in [6.45, 7) is -1.39. The summed E-state index contributed by atoms with van der Waals surface area (Å²) in [5.41, 5.74) is -0.164. The maximum Gasteiger partial charge on any atom is 0.405 e. The van der Waals surface area contributed by atoms with Crippen LogP contribution >= 0.6 is 0 Å². The number of alkyl halides is 3. The van der Waals surface area contributed by atoms with Crippen LogP contribution in [-0.4, -0.2) is 35.9 Å². The third kappa shape index (κ3) is 3.71. The fourth-order valence-electron chi connectivity index (χ4n) is 0.858. The van der Waals surface area contributed by atoms with Gasteiger partial charge in [0.15, 0.2) is 5.69 Å². The minimum atomic E-state index is -4.44. The molecule has 0 saturated carbocycles. The van der Waals surface area contributed by atoms with Crippen molar-refractivity contribution in [3.8, 4) is 0 Å². The second-order valence-corrected chi connectivity index (χ2v) is 2.85. The number of nitrogens with zero attached hydrogens (tertiary/aromatic N) is 2. The van der Waals surface area contributed by atoms with Gasteiger partial charge >= 0.3 is 6.18 Å². The first-order valence-electron chi connectivity index (χ1n) is 4.29. The molecule has 0 atom stereocenters. The van der Waals surface area contributed by atoms with Crippen molar-refractivity contribution in [2.45, 2.75) is 6.18 Å². The summed E-state index contributed by atoms with van der Waals surface area (Å²) in [7, 11) is 1.60. The van der Waals surface area contributed by atoms with Gasteiger partial charge in [0, 0.05) is 7.05 Å². The van der Waals surface area contributed by atoms with Crippen molar-refractivity contribution in [1.82, 2.24) is 15.5 Å². The van der Waals surface area contributed by atoms with E-state index in [1.165, 1.54) is 12.1 Å². The lowest BCUT2D eigenvalue weighted by Crippen LogP contribution is -2.34. The molecule has 0 fully saturated rings. The standard InChI is InChI=1S/C8H9F3N4O/c1-12-6-3-2-5(14-15-6)7(16)13-4-8(9,10)11/h2-3H,4H2,1H3,(H,12,15)(H,13,16). The van der Waals surface area contributed by atoms with E-state index in [-0.39, 0.29) is 5.69 Å². The molecule has 1 amide bonds. The first-order valence-corrected chi connectivity index (χ1v) is 4.29. The first kappa shape index (κ1) is 12.2. The number of halogens is 3. The lowest BCUT2D eigenvalue weighted by molar-refractivity contribution is -0.123. The van der Waals surface area contributed by atoms with E-state index >= 15 is 0 Å². The van der Waals surface area contributed by atoms with Crippen LogP contribution in [0.25, 0.3) is 0 Å². The van der Waals surface area contributed by atoms with Gasteiger partial charge in [-0.2, -0.15) is 13.2 Å². The van der Waals surface area contributed by atoms with Crippen molar-refractivity contribution in [3.05, 3.63) is 17.8 Å². The van der Waals surface area contributed by atoms with E-state index in [1.54, 1.807) is 12.4 Å². The summed E-state index contributed by atoms with van der Waals surface area (Å²) >= 11 is 0. The highest BCUT2D eigenvalue weighted by atomic mass is 19.4. The molecule has 1 aromatic rings. The molecule has 5 nitrogen and oxygen atoms in total. The number of aromatic nitrogens is 2. The predicted molar refractivity (Wildman–Crippen MR) is 50.0 cm³/mol. The van der Waals surface area contributed by atoms with E-state index in [9.17, 15) is 18.0 Å². The summed E-state index contributed by atoms with van der Waals surface area (Å²) in [6.07, 6.45) is -4.44. The molecule has 8 heteroatoms. The lowest BCUT2D eigenvalue weighted by Gasteiger charge is -2.07. The van der Waals surface area contributed by atoms with Gasteiger partial charge < -0.3 is 10.6 Å². The van der Waals surface area contributed by atoms with Crippen LogP contribution in [0.1, 0.15) is 10.5 Å². The molecule has 1 rings (SSSR count). The highest BCUT2D eigenvalue weighted by molar-refractivity contribution is 5.92. The minimum Gasteiger partial charge on any atom is -0.372 e. The zero-order valence-corrected chi connectivity index (χ0v) is 8.30. The molecule has 88 valence electrons. The van der Waals surface area contributed by atoms with Crippen molar-refractivity contribution < 1.29 is 18.0 Å². The van der Waals surface area contributed by atoms with E-state index in [0.29, 0.717) is 5.82 Å². The Morgan fingerprint density at radius 2 is 2.06 bits per heavy atom. The number of hydrogen-bond acceptors (Lipinski definition) is 4. The van der Waals surface area contributed by atoms with Crippen LogP contribution in [0.3, 0.4) is 0 Å². The van der Waals surface area contributed by atoms with E-state index in [1.807, 2.05) is 0 Å². The predicted octanol–water partition coefficient (Wildman–Crippen LogP) is 0.810. The molecule has 0 aliphatic rings. The van der Waals surface area contributed by atoms with Gasteiger partial charge in [0.05, 0.1) is 0 Å². The number of carbonyl (C=O) groups is 1. The Bertz CT molecular complexity index is 363. The molecule has 0 saturated heterocycles. The van der Waals surface area contributed by atoms with Crippen LogP contribution in [0.2, 0.25) is 0 Å². The summed E-state index contributed by atoms with van der Waals surface area (Å²) in [6, 6.07) is 2.72. The van der Waals surface area contributed by atoms with Crippen LogP contribution in [0.4, 0.5) is 19.0 Å². The van der Waals surface area contributed by atoms with Gasteiger partial charge in [-0.1, -0.05) is 0 Å². The fraction of sp³-hybridized carbons (Fsp3) is 0.375. The normalized spacial score (nSPS) is 11.0. The van der Waals surface area contributed by atoms with Gasteiger partial charge in [-0.05, 0) is 12.1 Å². The maximum absolute atomic E-state index is 11.8. The van der Waals surface area contributed by atoms with Gasteiger partial charge in [0.2, 0.25) is 0 Å². The van der Waals surface area contributed by atoms with Crippen molar-refractivity contribution in [3.63, 3.8) is 0 Å². The second kappa shape index (κ2) is 4.77. The number of carbonyl (C=O) groups excluding carboxylic acids is 1. The Balaban J connectivity index is 2.59. The van der Waals surface area contributed by atoms with E-state index in [0.717, 1.165) is 0 Å². The average molecular weight is 234 g/mol. The van der Waals surface area contributed by atoms with Crippen LogP contribution in [0.15, 0.2) is 12.1 Å². The Kier molecular flexibility index (Phi) is 3.64. The zero-order valence-electron chi connectivity index (χ0n) is 8.30. The topological polar surface area (TPSA) is 66.9 Å². The molecule has 0 radical (unpaired) electrons. The van der Waals surface area contributed by atoms with Gasteiger partial charge in [-0.25, -0.2) is 0 Å². The Hall–Kier alpha value is -1.86. The SMILES string of the molecule is CNc1ccc(C(=O)NCC(F)(F)F)nn1. The van der Waals surface area contributed by atoms with E-state index < -0.39 is 18.6 Å². The van der Waals surface area contributed by atoms with Crippen LogP contribution in [-0.2, 0) is 0 Å². The molecule has 0 unspecified atom stereocenters. The summed E-state index contributed by atoms with van der Waals surface area (Å²) in [4.78, 5) is 11.2. The molecule has 16 heavy (non-hydrogen) atoms. The van der Waals surface area contributed by atoms with Crippen molar-refractivity contribution in [1.29, 1.82) is 0 Å². The zero-order chi connectivity index (χ0) is 12.2. The third-order valence-electron chi connectivity index (χ3n) is 1.60. The molecule has 0 aliphatic carbocycles. The van der Waals surface area contributed by atoms with E-state index in [2.05, 4.69) is 15.5 Å². The average Bonchev–Trinajstić information content (AvgIpc) is 2.25. The maximum atomic E-state index is 11.8. The number of nitrogens with one attached hydrogen (secondary N) is 2. The summed E-state index contributed by atoms with van der Waals surface area (Å²) in [5, 5.41) is 11.4. The molecule has 0 aliphatic heterocycles. The quantitative estimate of drug-likeness (QED) is 0.812. The highest BCUT2D eigenvalue weighted by Gasteiger charge is 2.28. The molecule has 1 aromatic heterocycles. The largest absolute Gasteiger partial charge is 0.405 e. The van der Waals surface area contributed by atoms with Gasteiger partial charge in [-0.3, -0.25) is 4.79 Å². The molecule has 1 heterocycles. The molecular weight excluding hydrogens is 225 g/mol. The van der Waals surface area contributed by atoms with Crippen LogP contribution < -0.4 is 10.6 Å². The minimum absolute atomic E-state index is 0.164. The fourth-order valence-corrected chi connectivity index (χ4v) is 0.858. The highest BCUT2D eigenvalue weighted by Crippen LogP contribution is 2.12. The Labute approximate surface area is 89.1 Å². The number of rotatable bonds is 3. The molecule has 0 bridgehead atoms. The molecule has 2 N–H and O–H groups in total. The van der Waals surface area contributed by atoms with Gasteiger partial charge in [0.25, 0.3) is 5.91 Å². The Morgan fingerprint density at radius 3 is 2.50 bits per heavy atom. The number of amides is 1. The van der Waals surface area contributed by atoms with Crippen molar-refractivity contribution in [2.75, 3.05) is 18.9 Å². The molecular formula is C8H9F3N4O. The van der Waals surface area contributed by atoms with Gasteiger partial charge in [0.1, 0.15) is 12.4 Å². The van der Waals surface area contributed by atoms with Crippen molar-refractivity contribution >= 4 is 11.7 Å². The third-order valence-corrected chi connectivity index (χ3v) is 1.60. The molecule has 0 spiro atoms. The van der Waals surface area contributed by atoms with Gasteiger partial charge in [-0.15, -0.1) is 10.2 Å². The number of anilines is 1. The van der Waals surface area contributed by atoms with Crippen LogP contribution in [0, 0.1) is 0 Å². The Morgan fingerprint density at radius 1 is 1.38 bits per heavy atom. The second-order valence-electron chi connectivity index (χ2n) is 2.85.